The minimum Gasteiger partial charge on any atom is -0.481 e. The van der Waals surface area contributed by atoms with Crippen molar-refractivity contribution < 1.29 is 24.2 Å². The van der Waals surface area contributed by atoms with Gasteiger partial charge in [-0.15, -0.1) is 0 Å². The van der Waals surface area contributed by atoms with E-state index in [0.717, 1.165) is 12.8 Å². The van der Waals surface area contributed by atoms with Crippen LogP contribution >= 0.6 is 0 Å². The first-order valence-electron chi connectivity index (χ1n) is 5.91. The van der Waals surface area contributed by atoms with Gasteiger partial charge in [-0.1, -0.05) is 0 Å². The second-order valence-electron chi connectivity index (χ2n) is 4.14. The van der Waals surface area contributed by atoms with Crippen LogP contribution in [0, 0.1) is 0 Å². The Balaban J connectivity index is 2.58. The zero-order valence-electron chi connectivity index (χ0n) is 10.3. The molecule has 0 aromatic heterocycles. The number of hydrogen-bond donors (Lipinski definition) is 2. The molecule has 1 aliphatic carbocycles. The van der Waals surface area contributed by atoms with Gasteiger partial charge in [0, 0.05) is 12.6 Å². The molecule has 1 amide bonds. The highest BCUT2D eigenvalue weighted by molar-refractivity contribution is 6.02. The molecular weight excluding hydrogens is 240 g/mol. The largest absolute Gasteiger partial charge is 0.481 e. The standard InChI is InChI=1S/C11H18N2O5/c1-2-18-11(17)9(12)10(16)13(7-3-4-7)6-5-8(14)15/h7,9H,2-6,12H2,1H3,(H,14,15). The van der Waals surface area contributed by atoms with Crippen LogP contribution in [0.3, 0.4) is 0 Å². The summed E-state index contributed by atoms with van der Waals surface area (Å²) in [5.41, 5.74) is 5.51. The summed E-state index contributed by atoms with van der Waals surface area (Å²) in [5, 5.41) is 8.62. The van der Waals surface area contributed by atoms with Crippen LogP contribution in [0.15, 0.2) is 0 Å². The molecule has 7 heteroatoms. The predicted molar refractivity (Wildman–Crippen MR) is 61.6 cm³/mol. The molecule has 0 bridgehead atoms. The molecule has 0 heterocycles. The summed E-state index contributed by atoms with van der Waals surface area (Å²) in [6.07, 6.45) is 1.49. The highest BCUT2D eigenvalue weighted by Gasteiger charge is 2.37. The van der Waals surface area contributed by atoms with E-state index < -0.39 is 23.9 Å². The van der Waals surface area contributed by atoms with Gasteiger partial charge in [0.25, 0.3) is 5.91 Å². The number of aliphatic carboxylic acids is 1. The van der Waals surface area contributed by atoms with E-state index >= 15 is 0 Å². The lowest BCUT2D eigenvalue weighted by Crippen LogP contribution is -2.50. The Labute approximate surface area is 105 Å². The quantitative estimate of drug-likeness (QED) is 0.463. The summed E-state index contributed by atoms with van der Waals surface area (Å²) >= 11 is 0. The van der Waals surface area contributed by atoms with Crippen LogP contribution in [-0.2, 0) is 19.1 Å². The maximum Gasteiger partial charge on any atom is 0.332 e. The number of rotatable bonds is 7. The van der Waals surface area contributed by atoms with Crippen LogP contribution in [0.25, 0.3) is 0 Å². The van der Waals surface area contributed by atoms with Crippen molar-refractivity contribution in [1.29, 1.82) is 0 Å². The van der Waals surface area contributed by atoms with Crippen molar-refractivity contribution >= 4 is 17.8 Å². The average Bonchev–Trinajstić information content (AvgIpc) is 3.12. The van der Waals surface area contributed by atoms with Gasteiger partial charge in [0.2, 0.25) is 0 Å². The lowest BCUT2D eigenvalue weighted by molar-refractivity contribution is -0.151. The maximum absolute atomic E-state index is 12.0. The van der Waals surface area contributed by atoms with Crippen LogP contribution in [0.2, 0.25) is 0 Å². The van der Waals surface area contributed by atoms with Crippen molar-refractivity contribution in [2.45, 2.75) is 38.3 Å². The summed E-state index contributed by atoms with van der Waals surface area (Å²) in [7, 11) is 0. The van der Waals surface area contributed by atoms with Crippen LogP contribution in [0.4, 0.5) is 0 Å². The van der Waals surface area contributed by atoms with Crippen molar-refractivity contribution in [3.8, 4) is 0 Å². The second kappa shape index (κ2) is 6.34. The lowest BCUT2D eigenvalue weighted by Gasteiger charge is -2.24. The molecule has 1 fully saturated rings. The Bertz CT molecular complexity index is 340. The molecule has 0 radical (unpaired) electrons. The van der Waals surface area contributed by atoms with Gasteiger partial charge < -0.3 is 20.5 Å². The summed E-state index contributed by atoms with van der Waals surface area (Å²) in [6, 6.07) is -1.35. The van der Waals surface area contributed by atoms with Gasteiger partial charge in [0.05, 0.1) is 13.0 Å². The molecule has 18 heavy (non-hydrogen) atoms. The molecule has 7 nitrogen and oxygen atoms in total. The molecule has 1 atom stereocenters. The summed E-state index contributed by atoms with van der Waals surface area (Å²) in [5.74, 6) is -2.32. The Kier molecular flexibility index (Phi) is 5.08. The molecule has 0 spiro atoms. The van der Waals surface area contributed by atoms with Gasteiger partial charge in [-0.05, 0) is 19.8 Å². The first kappa shape index (κ1) is 14.4. The van der Waals surface area contributed by atoms with Crippen LogP contribution in [0.5, 0.6) is 0 Å². The van der Waals surface area contributed by atoms with E-state index in [9.17, 15) is 14.4 Å². The highest BCUT2D eigenvalue weighted by atomic mass is 16.5. The Morgan fingerprint density at radius 3 is 2.50 bits per heavy atom. The fraction of sp³-hybridized carbons (Fsp3) is 0.727. The number of esters is 1. The second-order valence-corrected chi connectivity index (χ2v) is 4.14. The molecule has 0 aromatic rings. The van der Waals surface area contributed by atoms with E-state index in [1.54, 1.807) is 6.92 Å². The summed E-state index contributed by atoms with van der Waals surface area (Å²) in [6.45, 7) is 1.85. The number of amides is 1. The van der Waals surface area contributed by atoms with E-state index in [0.29, 0.717) is 0 Å². The molecule has 0 aliphatic heterocycles. The van der Waals surface area contributed by atoms with Crippen LogP contribution < -0.4 is 5.73 Å². The van der Waals surface area contributed by atoms with E-state index in [-0.39, 0.29) is 25.6 Å². The number of nitrogens with zero attached hydrogens (tertiary/aromatic N) is 1. The van der Waals surface area contributed by atoms with Crippen molar-refractivity contribution in [1.82, 2.24) is 4.90 Å². The number of carboxylic acid groups (broad SMARTS) is 1. The van der Waals surface area contributed by atoms with Crippen molar-refractivity contribution in [3.05, 3.63) is 0 Å². The van der Waals surface area contributed by atoms with Gasteiger partial charge >= 0.3 is 11.9 Å². The molecule has 0 aromatic carbocycles. The highest BCUT2D eigenvalue weighted by Crippen LogP contribution is 2.27. The van der Waals surface area contributed by atoms with Gasteiger partial charge in [0.1, 0.15) is 0 Å². The normalized spacial score (nSPS) is 15.9. The van der Waals surface area contributed by atoms with E-state index in [1.807, 2.05) is 0 Å². The van der Waals surface area contributed by atoms with Crippen molar-refractivity contribution in [2.24, 2.45) is 5.73 Å². The molecular formula is C11H18N2O5. The predicted octanol–water partition coefficient (Wildman–Crippen LogP) is -0.657. The van der Waals surface area contributed by atoms with Crippen LogP contribution in [0.1, 0.15) is 26.2 Å². The number of hydrogen-bond acceptors (Lipinski definition) is 5. The average molecular weight is 258 g/mol. The molecule has 0 saturated heterocycles. The summed E-state index contributed by atoms with van der Waals surface area (Å²) in [4.78, 5) is 35.2. The third kappa shape index (κ3) is 3.99. The number of carbonyl (C=O) groups excluding carboxylic acids is 2. The fourth-order valence-electron chi connectivity index (χ4n) is 1.59. The number of nitrogens with two attached hydrogens (primary N) is 1. The van der Waals surface area contributed by atoms with Crippen LogP contribution in [-0.4, -0.2) is 53.1 Å². The number of carbonyl (C=O) groups is 3. The Morgan fingerprint density at radius 2 is 2.06 bits per heavy atom. The Hall–Kier alpha value is -1.63. The maximum atomic E-state index is 12.0. The first-order chi connectivity index (χ1) is 8.47. The zero-order chi connectivity index (χ0) is 13.7. The molecule has 1 aliphatic rings. The fourth-order valence-corrected chi connectivity index (χ4v) is 1.59. The zero-order valence-corrected chi connectivity index (χ0v) is 10.3. The minimum absolute atomic E-state index is 0.0114. The van der Waals surface area contributed by atoms with E-state index in [1.165, 1.54) is 4.90 Å². The SMILES string of the molecule is CCOC(=O)C(N)C(=O)N(CCC(=O)O)C1CC1. The number of ether oxygens (including phenoxy) is 1. The third-order valence-electron chi connectivity index (χ3n) is 2.64. The Morgan fingerprint density at radius 1 is 1.44 bits per heavy atom. The first-order valence-corrected chi connectivity index (χ1v) is 5.91. The molecule has 102 valence electrons. The van der Waals surface area contributed by atoms with E-state index in [2.05, 4.69) is 4.74 Å². The third-order valence-corrected chi connectivity index (χ3v) is 2.64. The lowest BCUT2D eigenvalue weighted by atomic mass is 10.2. The molecule has 1 unspecified atom stereocenters. The number of carboxylic acids is 1. The topological polar surface area (TPSA) is 110 Å². The van der Waals surface area contributed by atoms with Crippen molar-refractivity contribution in [2.75, 3.05) is 13.2 Å². The smallest absolute Gasteiger partial charge is 0.332 e. The summed E-state index contributed by atoms with van der Waals surface area (Å²) < 4.78 is 4.67. The van der Waals surface area contributed by atoms with Crippen molar-refractivity contribution in [3.63, 3.8) is 0 Å². The van der Waals surface area contributed by atoms with E-state index in [4.69, 9.17) is 10.8 Å². The van der Waals surface area contributed by atoms with Gasteiger partial charge in [0.15, 0.2) is 6.04 Å². The van der Waals surface area contributed by atoms with Gasteiger partial charge in [-0.2, -0.15) is 0 Å². The monoisotopic (exact) mass is 258 g/mol. The van der Waals surface area contributed by atoms with Gasteiger partial charge in [-0.25, -0.2) is 4.79 Å². The minimum atomic E-state index is -1.36. The molecule has 1 saturated carbocycles. The molecule has 3 N–H and O–H groups in total. The van der Waals surface area contributed by atoms with Gasteiger partial charge in [-0.3, -0.25) is 9.59 Å². The molecule has 1 rings (SSSR count).